The maximum atomic E-state index is 16.4. The number of hydrogen-bond acceptors (Lipinski definition) is 18. The molecule has 2 bridgehead atoms. The number of aryl methyl sites for hydroxylation is 1. The Hall–Kier alpha value is -3.42. The lowest BCUT2D eigenvalue weighted by Gasteiger charge is -2.26. The van der Waals surface area contributed by atoms with Gasteiger partial charge >= 0.3 is 14.6 Å². The van der Waals surface area contributed by atoms with Gasteiger partial charge in [-0.1, -0.05) is 12.2 Å². The van der Waals surface area contributed by atoms with Crippen LogP contribution in [-0.2, 0) is 59.2 Å². The summed E-state index contributed by atoms with van der Waals surface area (Å²) >= 11 is 4.11. The number of rotatable bonds is 8. The molecule has 304 valence electrons. The van der Waals surface area contributed by atoms with Gasteiger partial charge < -0.3 is 45.1 Å². The molecule has 23 nitrogen and oxygen atoms in total. The molecule has 8 rings (SSSR count). The number of aliphatic hydroxyl groups excluding tert-OH is 1. The molecule has 2 unspecified atom stereocenters. The van der Waals surface area contributed by atoms with E-state index in [1.165, 1.54) is 32.7 Å². The number of halogens is 1. The van der Waals surface area contributed by atoms with Gasteiger partial charge in [0.2, 0.25) is 5.91 Å². The average molecular weight is 847 g/mol. The quantitative estimate of drug-likeness (QED) is 0.0584. The highest BCUT2D eigenvalue weighted by Crippen LogP contribution is 2.58. The highest BCUT2D eigenvalue weighted by Gasteiger charge is 2.54. The van der Waals surface area contributed by atoms with Crippen LogP contribution in [0.15, 0.2) is 30.0 Å². The van der Waals surface area contributed by atoms with Crippen molar-refractivity contribution >= 4 is 60.8 Å². The number of ether oxygens (including phenoxy) is 3. The summed E-state index contributed by atoms with van der Waals surface area (Å²) in [5.41, 5.74) is 5.71. The first kappa shape index (κ1) is 39.4. The number of amides is 1. The summed E-state index contributed by atoms with van der Waals surface area (Å²) in [4.78, 5) is 52.5. The van der Waals surface area contributed by atoms with Crippen LogP contribution in [0.25, 0.3) is 22.2 Å². The summed E-state index contributed by atoms with van der Waals surface area (Å²) in [6.45, 7) is -5.57. The van der Waals surface area contributed by atoms with Gasteiger partial charge in [-0.15, -0.1) is 0 Å². The molecule has 8 heterocycles. The number of phosphoric acid groups is 1. The number of imidazole rings is 1. The molecule has 0 aromatic carbocycles. The Morgan fingerprint density at radius 3 is 2.70 bits per heavy atom. The molecule has 1 amide bonds. The van der Waals surface area contributed by atoms with E-state index in [2.05, 4.69) is 42.8 Å². The van der Waals surface area contributed by atoms with Gasteiger partial charge in [0, 0.05) is 12.7 Å². The molecule has 10 atom stereocenters. The van der Waals surface area contributed by atoms with Crippen LogP contribution in [-0.4, -0.2) is 126 Å². The Morgan fingerprint density at radius 1 is 1.07 bits per heavy atom. The largest absolute Gasteiger partial charge is 0.472 e. The SMILES string of the molecule is NCC(=O)NCOCCn1cnc2c(ncn2[C@@H]2O[C@@H]3COP(=O)(O)O[C@H]4[C@@H](F)[C@H](n5cc6c7c(ncnc75)NCCC6)O[C@@H]4COP(=O)(S)O[C@@H]2[C@@H]3O)c1=O. The zero-order valence-electron chi connectivity index (χ0n) is 29.1. The Balaban J connectivity index is 1.03. The number of hydrogen-bond donors (Lipinski definition) is 6. The average Bonchev–Trinajstić information content (AvgIpc) is 3.88. The van der Waals surface area contributed by atoms with Gasteiger partial charge in [-0.3, -0.25) is 36.8 Å². The molecule has 6 N–H and O–H groups in total. The number of carbonyl (C=O) groups excluding carboxylic acids is 1. The van der Waals surface area contributed by atoms with Crippen molar-refractivity contribution in [1.29, 1.82) is 0 Å². The van der Waals surface area contributed by atoms with Crippen LogP contribution in [0.1, 0.15) is 24.4 Å². The lowest BCUT2D eigenvalue weighted by atomic mass is 10.1. The van der Waals surface area contributed by atoms with Crippen molar-refractivity contribution in [3.05, 3.63) is 41.1 Å². The predicted octanol–water partition coefficient (Wildman–Crippen LogP) is -0.106. The Labute approximate surface area is 320 Å². The zero-order chi connectivity index (χ0) is 39.4. The smallest absolute Gasteiger partial charge is 0.387 e. The monoisotopic (exact) mass is 846 g/mol. The Morgan fingerprint density at radius 2 is 1.88 bits per heavy atom. The first-order chi connectivity index (χ1) is 26.8. The third-order valence-corrected chi connectivity index (χ3v) is 12.2. The minimum atomic E-state index is -5.13. The van der Waals surface area contributed by atoms with Crippen LogP contribution in [0, 0.1) is 0 Å². The van der Waals surface area contributed by atoms with Crippen molar-refractivity contribution in [3.63, 3.8) is 0 Å². The number of thiol groups is 1. The summed E-state index contributed by atoms with van der Waals surface area (Å²) < 4.78 is 86.6. The minimum absolute atomic E-state index is 0.0241. The van der Waals surface area contributed by atoms with Crippen molar-refractivity contribution in [2.75, 3.05) is 45.0 Å². The van der Waals surface area contributed by atoms with E-state index in [1.54, 1.807) is 6.20 Å². The van der Waals surface area contributed by atoms with Crippen LogP contribution in [0.5, 0.6) is 0 Å². The normalized spacial score (nSPS) is 33.6. The summed E-state index contributed by atoms with van der Waals surface area (Å²) in [6, 6.07) is 0. The fourth-order valence-electron chi connectivity index (χ4n) is 6.97. The standard InChI is InChI=1S/C29H37FN10O13P2S/c30-19-22-16(51-28(19)39-7-14-2-1-3-32-24-18(14)25(39)34-10-33-24)9-49-55(46,56)53-23-21(42)15(8-48-54(44,45)52-22)50-29(23)40-12-35-20-26(40)36-11-38(27(20)43)4-5-47-13-37-17(41)6-31/h7,10-12,15-16,19,21-23,28-29,42H,1-6,8-9,13,31H2,(H,37,41)(H,44,45)(H,46,56)(H,32,33,34)/t15-,16-,19-,21-,22-,23-,28-,29-,55?/m1/s1. The number of nitrogens with zero attached hydrogens (tertiary/aromatic N) is 7. The topological polar surface area (TPSA) is 290 Å². The molecular weight excluding hydrogens is 809 g/mol. The second-order valence-electron chi connectivity index (χ2n) is 13.2. The van der Waals surface area contributed by atoms with Crippen LogP contribution in [0.3, 0.4) is 0 Å². The third kappa shape index (κ3) is 7.64. The third-order valence-electron chi connectivity index (χ3n) is 9.63. The first-order valence-electron chi connectivity index (χ1n) is 17.3. The number of carbonyl (C=O) groups is 1. The Kier molecular flexibility index (Phi) is 11.1. The molecule has 56 heavy (non-hydrogen) atoms. The van der Waals surface area contributed by atoms with E-state index in [0.29, 0.717) is 29.8 Å². The lowest BCUT2D eigenvalue weighted by molar-refractivity contribution is -0.121. The van der Waals surface area contributed by atoms with Gasteiger partial charge in [0.05, 0.1) is 44.6 Å². The fourth-order valence-corrected chi connectivity index (χ4v) is 9.39. The van der Waals surface area contributed by atoms with E-state index >= 15 is 4.39 Å². The van der Waals surface area contributed by atoms with E-state index in [-0.39, 0.29) is 37.6 Å². The second-order valence-corrected chi connectivity index (χ2v) is 17.5. The van der Waals surface area contributed by atoms with Crippen molar-refractivity contribution in [2.24, 2.45) is 5.73 Å². The van der Waals surface area contributed by atoms with Gasteiger partial charge in [0.15, 0.2) is 29.8 Å². The highest BCUT2D eigenvalue weighted by atomic mass is 32.7. The lowest BCUT2D eigenvalue weighted by Crippen LogP contribution is -2.35. The van der Waals surface area contributed by atoms with Gasteiger partial charge in [-0.2, -0.15) is 0 Å². The molecule has 27 heteroatoms. The number of aromatic nitrogens is 7. The van der Waals surface area contributed by atoms with Crippen molar-refractivity contribution in [1.82, 2.24) is 39.0 Å². The summed E-state index contributed by atoms with van der Waals surface area (Å²) in [5.74, 6) is 0.156. The van der Waals surface area contributed by atoms with Crippen molar-refractivity contribution in [3.8, 4) is 0 Å². The van der Waals surface area contributed by atoms with Crippen molar-refractivity contribution in [2.45, 2.75) is 68.5 Å². The van der Waals surface area contributed by atoms with Crippen molar-refractivity contribution < 1.29 is 60.6 Å². The van der Waals surface area contributed by atoms with E-state index in [4.69, 9.17) is 38.0 Å². The number of phosphoric ester groups is 1. The molecule has 3 saturated heterocycles. The maximum absolute atomic E-state index is 16.4. The number of anilines is 1. The van der Waals surface area contributed by atoms with Crippen LogP contribution >= 0.6 is 26.9 Å². The predicted molar refractivity (Wildman–Crippen MR) is 191 cm³/mol. The minimum Gasteiger partial charge on any atom is -0.387 e. The molecule has 0 saturated carbocycles. The number of aliphatic hydroxyl groups is 1. The molecular formula is C29H37FN10O13P2S. The molecule has 4 aliphatic heterocycles. The number of nitrogens with one attached hydrogen (secondary N) is 2. The van der Waals surface area contributed by atoms with E-state index in [9.17, 15) is 28.7 Å². The first-order valence-corrected chi connectivity index (χ1v) is 21.5. The summed E-state index contributed by atoms with van der Waals surface area (Å²) in [6.07, 6.45) is -6.09. The van der Waals surface area contributed by atoms with Gasteiger partial charge in [-0.05, 0) is 18.4 Å². The van der Waals surface area contributed by atoms with E-state index in [1.807, 2.05) is 0 Å². The van der Waals surface area contributed by atoms with Gasteiger partial charge in [-0.25, -0.2) is 33.5 Å². The molecule has 4 aromatic heterocycles. The molecule has 4 aliphatic rings. The summed E-state index contributed by atoms with van der Waals surface area (Å²) in [7, 11) is -5.13. The van der Waals surface area contributed by atoms with Gasteiger partial charge in [0.25, 0.3) is 5.56 Å². The second kappa shape index (κ2) is 15.7. The summed E-state index contributed by atoms with van der Waals surface area (Å²) in [5, 5.41) is 17.6. The van der Waals surface area contributed by atoms with E-state index in [0.717, 1.165) is 12.0 Å². The van der Waals surface area contributed by atoms with Crippen LogP contribution in [0.4, 0.5) is 10.2 Å². The Bertz CT molecular complexity index is 2280. The maximum Gasteiger partial charge on any atom is 0.472 e. The van der Waals surface area contributed by atoms with Gasteiger partial charge in [0.1, 0.15) is 61.4 Å². The molecule has 4 aromatic rings. The number of alkyl halides is 1. The van der Waals surface area contributed by atoms with E-state index < -0.39 is 88.4 Å². The molecule has 0 radical (unpaired) electrons. The number of nitrogens with two attached hydrogens (primary N) is 1. The number of fused-ring (bicyclic) bond motifs is 4. The molecule has 0 spiro atoms. The fraction of sp³-hybridized carbons (Fsp3) is 0.586. The molecule has 3 fully saturated rings. The van der Waals surface area contributed by atoms with Crippen LogP contribution in [0.2, 0.25) is 0 Å². The van der Waals surface area contributed by atoms with Crippen LogP contribution < -0.4 is 21.9 Å². The molecule has 0 aliphatic carbocycles. The highest BCUT2D eigenvalue weighted by molar-refractivity contribution is 8.44. The zero-order valence-corrected chi connectivity index (χ0v) is 31.8.